The Morgan fingerprint density at radius 1 is 0.964 bits per heavy atom. The summed E-state index contributed by atoms with van der Waals surface area (Å²) in [5, 5.41) is 10.6. The molecule has 0 aliphatic carbocycles. The van der Waals surface area contributed by atoms with E-state index in [1.54, 1.807) is 0 Å². The van der Waals surface area contributed by atoms with Gasteiger partial charge in [0.05, 0.1) is 21.2 Å². The number of benzene rings is 2. The summed E-state index contributed by atoms with van der Waals surface area (Å²) >= 11 is 0. The Labute approximate surface area is 164 Å². The Balaban J connectivity index is 2.41. The molecule has 2 aromatic rings. The highest BCUT2D eigenvalue weighted by Crippen LogP contribution is 2.28. The van der Waals surface area contributed by atoms with Gasteiger partial charge in [-0.15, -0.1) is 0 Å². The molecular weight excluding hydrogens is 404 g/mol. The van der Waals surface area contributed by atoms with Crippen molar-refractivity contribution in [3.63, 3.8) is 0 Å². The van der Waals surface area contributed by atoms with Crippen LogP contribution in [-0.2, 0) is 20.0 Å². The number of sulfonamides is 2. The lowest BCUT2D eigenvalue weighted by atomic mass is 10.2. The molecule has 5 N–H and O–H groups in total. The second-order valence-electron chi connectivity index (χ2n) is 5.89. The molecule has 2 aromatic carbocycles. The second-order valence-corrected chi connectivity index (χ2v) is 9.13. The van der Waals surface area contributed by atoms with Gasteiger partial charge in [0.25, 0.3) is 15.9 Å². The number of nitrogens with one attached hydrogen (secondary N) is 3. The van der Waals surface area contributed by atoms with Gasteiger partial charge in [-0.25, -0.2) is 22.0 Å². The van der Waals surface area contributed by atoms with Gasteiger partial charge in [-0.1, -0.05) is 6.92 Å². The third-order valence-corrected chi connectivity index (χ3v) is 6.08. The summed E-state index contributed by atoms with van der Waals surface area (Å²) in [6.07, 6.45) is 0.782. The van der Waals surface area contributed by atoms with Gasteiger partial charge >= 0.3 is 0 Å². The van der Waals surface area contributed by atoms with Crippen LogP contribution in [0, 0.1) is 0 Å². The number of carbonyl (C=O) groups is 1. The highest BCUT2D eigenvalue weighted by Gasteiger charge is 2.19. The number of amides is 1. The third-order valence-electron chi connectivity index (χ3n) is 3.78. The number of hydrogen-bond donors (Lipinski definition) is 4. The Kier molecular flexibility index (Phi) is 6.65. The Morgan fingerprint density at radius 2 is 1.57 bits per heavy atom. The quantitative estimate of drug-likeness (QED) is 0.500. The summed E-state index contributed by atoms with van der Waals surface area (Å²) in [6, 6.07) is 9.23. The largest absolute Gasteiger partial charge is 0.383 e. The zero-order chi connectivity index (χ0) is 20.9. The molecule has 0 aliphatic rings. The molecule has 0 bridgehead atoms. The standard InChI is InChI=1S/C17H22N4O5S2/c1-3-10-20-15-9-8-14(27(18,23)24)11-16(15)21-28(25,26)13-6-4-12(5-7-13)17(22)19-2/h4-9,11,20-21H,3,10H2,1-2H3,(H,19,22)(H2,18,23,24). The normalized spacial score (nSPS) is 11.7. The van der Waals surface area contributed by atoms with E-state index in [9.17, 15) is 21.6 Å². The van der Waals surface area contributed by atoms with Crippen molar-refractivity contribution in [3.8, 4) is 0 Å². The molecule has 0 aliphatic heterocycles. The molecule has 0 atom stereocenters. The number of hydrogen-bond acceptors (Lipinski definition) is 6. The molecular formula is C17H22N4O5S2. The summed E-state index contributed by atoms with van der Waals surface area (Å²) in [5.74, 6) is -0.344. The first-order chi connectivity index (χ1) is 13.1. The molecule has 0 saturated carbocycles. The molecule has 1 amide bonds. The van der Waals surface area contributed by atoms with Crippen LogP contribution in [0.2, 0.25) is 0 Å². The van der Waals surface area contributed by atoms with Crippen molar-refractivity contribution < 1.29 is 21.6 Å². The van der Waals surface area contributed by atoms with Crippen LogP contribution >= 0.6 is 0 Å². The molecule has 28 heavy (non-hydrogen) atoms. The van der Waals surface area contributed by atoms with E-state index in [-0.39, 0.29) is 21.4 Å². The molecule has 0 fully saturated rings. The maximum absolute atomic E-state index is 12.7. The Bertz CT molecular complexity index is 1070. The van der Waals surface area contributed by atoms with Crippen LogP contribution in [0.5, 0.6) is 0 Å². The Hall–Kier alpha value is -2.63. The average Bonchev–Trinajstić information content (AvgIpc) is 2.65. The molecule has 9 nitrogen and oxygen atoms in total. The number of carbonyl (C=O) groups excluding carboxylic acids is 1. The second kappa shape index (κ2) is 8.59. The monoisotopic (exact) mass is 426 g/mol. The molecule has 0 spiro atoms. The van der Waals surface area contributed by atoms with E-state index >= 15 is 0 Å². The summed E-state index contributed by atoms with van der Waals surface area (Å²) in [5.41, 5.74) is 0.776. The van der Waals surface area contributed by atoms with Gasteiger partial charge in [-0.3, -0.25) is 9.52 Å². The summed E-state index contributed by atoms with van der Waals surface area (Å²) in [4.78, 5) is 11.3. The van der Waals surface area contributed by atoms with Gasteiger partial charge in [-0.2, -0.15) is 0 Å². The fourth-order valence-corrected chi connectivity index (χ4v) is 3.94. The first kappa shape index (κ1) is 21.7. The van der Waals surface area contributed by atoms with Crippen LogP contribution in [0.4, 0.5) is 11.4 Å². The van der Waals surface area contributed by atoms with Gasteiger partial charge < -0.3 is 10.6 Å². The van der Waals surface area contributed by atoms with E-state index in [0.29, 0.717) is 17.8 Å². The van der Waals surface area contributed by atoms with Crippen molar-refractivity contribution in [2.45, 2.75) is 23.1 Å². The van der Waals surface area contributed by atoms with E-state index in [0.717, 1.165) is 12.5 Å². The van der Waals surface area contributed by atoms with Crippen molar-refractivity contribution in [1.82, 2.24) is 5.32 Å². The molecule has 0 saturated heterocycles. The highest BCUT2D eigenvalue weighted by atomic mass is 32.2. The zero-order valence-corrected chi connectivity index (χ0v) is 17.0. The fraction of sp³-hybridized carbons (Fsp3) is 0.235. The topological polar surface area (TPSA) is 147 Å². The van der Waals surface area contributed by atoms with E-state index in [2.05, 4.69) is 15.4 Å². The van der Waals surface area contributed by atoms with Crippen molar-refractivity contribution in [2.75, 3.05) is 23.6 Å². The minimum atomic E-state index is -4.03. The van der Waals surface area contributed by atoms with E-state index < -0.39 is 20.0 Å². The minimum Gasteiger partial charge on any atom is -0.383 e. The van der Waals surface area contributed by atoms with E-state index in [1.165, 1.54) is 43.4 Å². The maximum Gasteiger partial charge on any atom is 0.261 e. The lowest BCUT2D eigenvalue weighted by Gasteiger charge is -2.15. The molecule has 2 rings (SSSR count). The fourth-order valence-electron chi connectivity index (χ4n) is 2.33. The molecule has 0 aromatic heterocycles. The summed E-state index contributed by atoms with van der Waals surface area (Å²) < 4.78 is 51.1. The van der Waals surface area contributed by atoms with Crippen LogP contribution in [-0.4, -0.2) is 36.3 Å². The number of rotatable bonds is 8. The Morgan fingerprint density at radius 3 is 2.11 bits per heavy atom. The van der Waals surface area contributed by atoms with E-state index in [4.69, 9.17) is 5.14 Å². The van der Waals surface area contributed by atoms with Gasteiger partial charge in [-0.05, 0) is 48.9 Å². The number of primary sulfonamides is 1. The molecule has 11 heteroatoms. The summed E-state index contributed by atoms with van der Waals surface area (Å²) in [6.45, 7) is 2.49. The van der Waals surface area contributed by atoms with Crippen LogP contribution in [0.25, 0.3) is 0 Å². The molecule has 152 valence electrons. The third kappa shape index (κ3) is 5.21. The van der Waals surface area contributed by atoms with Crippen molar-refractivity contribution >= 4 is 37.3 Å². The molecule has 0 heterocycles. The predicted octanol–water partition coefficient (Wildman–Crippen LogP) is 1.32. The summed E-state index contributed by atoms with van der Waals surface area (Å²) in [7, 11) is -6.57. The van der Waals surface area contributed by atoms with Crippen molar-refractivity contribution in [2.24, 2.45) is 5.14 Å². The van der Waals surface area contributed by atoms with E-state index in [1.807, 2.05) is 6.92 Å². The van der Waals surface area contributed by atoms with Gasteiger partial charge in [0.15, 0.2) is 0 Å². The van der Waals surface area contributed by atoms with Crippen molar-refractivity contribution in [1.29, 1.82) is 0 Å². The first-order valence-electron chi connectivity index (χ1n) is 8.34. The van der Waals surface area contributed by atoms with Crippen molar-refractivity contribution in [3.05, 3.63) is 48.0 Å². The first-order valence-corrected chi connectivity index (χ1v) is 11.4. The smallest absolute Gasteiger partial charge is 0.261 e. The lowest BCUT2D eigenvalue weighted by Crippen LogP contribution is -2.19. The highest BCUT2D eigenvalue weighted by molar-refractivity contribution is 7.92. The molecule has 0 unspecified atom stereocenters. The minimum absolute atomic E-state index is 0.0513. The number of nitrogens with two attached hydrogens (primary N) is 1. The van der Waals surface area contributed by atoms with Crippen LogP contribution in [0.1, 0.15) is 23.7 Å². The maximum atomic E-state index is 12.7. The van der Waals surface area contributed by atoms with Gasteiger partial charge in [0.2, 0.25) is 10.0 Å². The zero-order valence-electron chi connectivity index (χ0n) is 15.4. The van der Waals surface area contributed by atoms with Crippen LogP contribution in [0.3, 0.4) is 0 Å². The lowest BCUT2D eigenvalue weighted by molar-refractivity contribution is 0.0963. The molecule has 0 radical (unpaired) electrons. The van der Waals surface area contributed by atoms with Gasteiger partial charge in [0.1, 0.15) is 0 Å². The van der Waals surface area contributed by atoms with Crippen LogP contribution < -0.4 is 20.5 Å². The average molecular weight is 427 g/mol. The SMILES string of the molecule is CCCNc1ccc(S(N)(=O)=O)cc1NS(=O)(=O)c1ccc(C(=O)NC)cc1. The predicted molar refractivity (Wildman–Crippen MR) is 107 cm³/mol. The van der Waals surface area contributed by atoms with Crippen LogP contribution in [0.15, 0.2) is 52.3 Å². The van der Waals surface area contributed by atoms with Gasteiger partial charge in [0, 0.05) is 19.2 Å². The number of anilines is 2.